The second kappa shape index (κ2) is 8.23. The lowest BCUT2D eigenvalue weighted by atomic mass is 10.0. The molecule has 0 radical (unpaired) electrons. The van der Waals surface area contributed by atoms with Crippen LogP contribution in [0.15, 0.2) is 35.7 Å². The number of nitrogens with one attached hydrogen (secondary N) is 1. The quantitative estimate of drug-likeness (QED) is 0.844. The first-order valence-electron chi connectivity index (χ1n) is 8.47. The standard InChI is InChI=1S/C19H22N2O4S/c1-24-13-7-8-14(16(11-13)25-2)15-5-3-9-21(15)18(22)12-20-19(23)17-6-4-10-26-17/h4,6-8,10-11,15H,3,5,9,12H2,1-2H3,(H,20,23)/t15-/m0/s1. The van der Waals surface area contributed by atoms with E-state index in [1.807, 2.05) is 34.5 Å². The number of likely N-dealkylation sites (tertiary alicyclic amines) is 1. The number of methoxy groups -OCH3 is 2. The molecular weight excluding hydrogens is 352 g/mol. The van der Waals surface area contributed by atoms with Gasteiger partial charge in [0, 0.05) is 18.2 Å². The Morgan fingerprint density at radius 3 is 2.81 bits per heavy atom. The molecule has 0 unspecified atom stereocenters. The minimum atomic E-state index is -0.217. The Hall–Kier alpha value is -2.54. The summed E-state index contributed by atoms with van der Waals surface area (Å²) in [5.41, 5.74) is 0.962. The van der Waals surface area contributed by atoms with E-state index < -0.39 is 0 Å². The van der Waals surface area contributed by atoms with Gasteiger partial charge in [-0.05, 0) is 36.4 Å². The van der Waals surface area contributed by atoms with Crippen LogP contribution in [-0.4, -0.2) is 44.0 Å². The number of benzene rings is 1. The minimum absolute atomic E-state index is 0.00823. The van der Waals surface area contributed by atoms with E-state index in [1.54, 1.807) is 20.3 Å². The largest absolute Gasteiger partial charge is 0.497 e. The zero-order valence-electron chi connectivity index (χ0n) is 14.9. The highest BCUT2D eigenvalue weighted by Crippen LogP contribution is 2.38. The fourth-order valence-electron chi connectivity index (χ4n) is 3.23. The number of rotatable bonds is 6. The van der Waals surface area contributed by atoms with Crippen molar-refractivity contribution in [3.05, 3.63) is 46.2 Å². The molecule has 2 aromatic rings. The second-order valence-corrected chi connectivity index (χ2v) is 6.96. The van der Waals surface area contributed by atoms with E-state index >= 15 is 0 Å². The van der Waals surface area contributed by atoms with E-state index in [4.69, 9.17) is 9.47 Å². The van der Waals surface area contributed by atoms with Gasteiger partial charge in [-0.15, -0.1) is 11.3 Å². The van der Waals surface area contributed by atoms with Crippen molar-refractivity contribution in [2.24, 2.45) is 0 Å². The first-order chi connectivity index (χ1) is 12.6. The fourth-order valence-corrected chi connectivity index (χ4v) is 3.87. The molecule has 2 amide bonds. The summed E-state index contributed by atoms with van der Waals surface area (Å²) in [4.78, 5) is 27.1. The molecule has 1 atom stereocenters. The number of carbonyl (C=O) groups is 2. The van der Waals surface area contributed by atoms with Gasteiger partial charge in [0.15, 0.2) is 0 Å². The van der Waals surface area contributed by atoms with Crippen molar-refractivity contribution in [3.8, 4) is 11.5 Å². The predicted octanol–water partition coefficient (Wildman–Crippen LogP) is 2.86. The number of amides is 2. The number of hydrogen-bond donors (Lipinski definition) is 1. The van der Waals surface area contributed by atoms with Crippen LogP contribution in [0.3, 0.4) is 0 Å². The molecule has 1 aliphatic heterocycles. The molecule has 1 saturated heterocycles. The third-order valence-corrected chi connectivity index (χ3v) is 5.39. The Kier molecular flexibility index (Phi) is 5.78. The van der Waals surface area contributed by atoms with E-state index in [0.717, 1.165) is 18.4 Å². The van der Waals surface area contributed by atoms with Gasteiger partial charge in [0.25, 0.3) is 5.91 Å². The molecule has 1 aliphatic rings. The molecule has 1 aromatic heterocycles. The Bertz CT molecular complexity index is 776. The van der Waals surface area contributed by atoms with Gasteiger partial charge in [-0.3, -0.25) is 9.59 Å². The molecule has 0 bridgehead atoms. The van der Waals surface area contributed by atoms with Gasteiger partial charge < -0.3 is 19.7 Å². The highest BCUT2D eigenvalue weighted by Gasteiger charge is 2.32. The Morgan fingerprint density at radius 2 is 2.12 bits per heavy atom. The number of thiophene rings is 1. The third-order valence-electron chi connectivity index (χ3n) is 4.52. The minimum Gasteiger partial charge on any atom is -0.497 e. The molecular formula is C19H22N2O4S. The Morgan fingerprint density at radius 1 is 1.27 bits per heavy atom. The summed E-state index contributed by atoms with van der Waals surface area (Å²) >= 11 is 1.36. The molecule has 0 aliphatic carbocycles. The van der Waals surface area contributed by atoms with Crippen molar-refractivity contribution in [2.45, 2.75) is 18.9 Å². The highest BCUT2D eigenvalue weighted by molar-refractivity contribution is 7.12. The topological polar surface area (TPSA) is 67.9 Å². The smallest absolute Gasteiger partial charge is 0.261 e. The van der Waals surface area contributed by atoms with Crippen LogP contribution in [0.25, 0.3) is 0 Å². The molecule has 3 rings (SSSR count). The maximum Gasteiger partial charge on any atom is 0.261 e. The van der Waals surface area contributed by atoms with Crippen LogP contribution in [0.2, 0.25) is 0 Å². The molecule has 0 saturated carbocycles. The summed E-state index contributed by atoms with van der Waals surface area (Å²) in [5.74, 6) is 1.11. The fraction of sp³-hybridized carbons (Fsp3) is 0.368. The van der Waals surface area contributed by atoms with Crippen molar-refractivity contribution in [1.82, 2.24) is 10.2 Å². The average Bonchev–Trinajstić information content (AvgIpc) is 3.37. The first kappa shape index (κ1) is 18.3. The van der Waals surface area contributed by atoms with Gasteiger partial charge in [0.1, 0.15) is 11.5 Å². The number of carbonyl (C=O) groups excluding carboxylic acids is 2. The van der Waals surface area contributed by atoms with Crippen LogP contribution in [0.1, 0.15) is 34.1 Å². The van der Waals surface area contributed by atoms with Gasteiger partial charge in [-0.1, -0.05) is 6.07 Å². The molecule has 1 fully saturated rings. The Labute approximate surface area is 156 Å². The zero-order valence-corrected chi connectivity index (χ0v) is 15.7. The van der Waals surface area contributed by atoms with Crippen LogP contribution >= 0.6 is 11.3 Å². The summed E-state index contributed by atoms with van der Waals surface area (Å²) in [6.07, 6.45) is 1.79. The van der Waals surface area contributed by atoms with E-state index in [0.29, 0.717) is 22.9 Å². The second-order valence-electron chi connectivity index (χ2n) is 6.01. The summed E-state index contributed by atoms with van der Waals surface area (Å²) in [7, 11) is 3.22. The SMILES string of the molecule is COc1ccc([C@@H]2CCCN2C(=O)CNC(=O)c2cccs2)c(OC)c1. The third kappa shape index (κ3) is 3.83. The van der Waals surface area contributed by atoms with Crippen molar-refractivity contribution < 1.29 is 19.1 Å². The maximum atomic E-state index is 12.7. The number of ether oxygens (including phenoxy) is 2. The zero-order chi connectivity index (χ0) is 18.5. The van der Waals surface area contributed by atoms with E-state index in [-0.39, 0.29) is 24.4 Å². The number of hydrogen-bond acceptors (Lipinski definition) is 5. The van der Waals surface area contributed by atoms with Gasteiger partial charge in [-0.2, -0.15) is 0 Å². The van der Waals surface area contributed by atoms with E-state index in [9.17, 15) is 9.59 Å². The van der Waals surface area contributed by atoms with Crippen LogP contribution in [0.5, 0.6) is 11.5 Å². The van der Waals surface area contributed by atoms with Gasteiger partial charge >= 0.3 is 0 Å². The van der Waals surface area contributed by atoms with Crippen molar-refractivity contribution in [1.29, 1.82) is 0 Å². The predicted molar refractivity (Wildman–Crippen MR) is 99.9 cm³/mol. The summed E-state index contributed by atoms with van der Waals surface area (Å²) < 4.78 is 10.7. The summed E-state index contributed by atoms with van der Waals surface area (Å²) in [6, 6.07) is 9.14. The summed E-state index contributed by atoms with van der Waals surface area (Å²) in [5, 5.41) is 4.55. The monoisotopic (exact) mass is 374 g/mol. The molecule has 1 N–H and O–H groups in total. The lowest BCUT2D eigenvalue weighted by Crippen LogP contribution is -2.39. The summed E-state index contributed by atoms with van der Waals surface area (Å²) in [6.45, 7) is 0.666. The Balaban J connectivity index is 1.69. The molecule has 138 valence electrons. The van der Waals surface area contributed by atoms with Gasteiger partial charge in [-0.25, -0.2) is 0 Å². The van der Waals surface area contributed by atoms with E-state index in [2.05, 4.69) is 5.32 Å². The molecule has 0 spiro atoms. The number of nitrogens with zero attached hydrogens (tertiary/aromatic N) is 1. The van der Waals surface area contributed by atoms with Crippen LogP contribution < -0.4 is 14.8 Å². The van der Waals surface area contributed by atoms with Crippen molar-refractivity contribution in [3.63, 3.8) is 0 Å². The molecule has 7 heteroatoms. The van der Waals surface area contributed by atoms with E-state index in [1.165, 1.54) is 11.3 Å². The maximum absolute atomic E-state index is 12.7. The highest BCUT2D eigenvalue weighted by atomic mass is 32.1. The normalized spacial score (nSPS) is 16.4. The van der Waals surface area contributed by atoms with Crippen molar-refractivity contribution in [2.75, 3.05) is 27.3 Å². The molecule has 2 heterocycles. The lowest BCUT2D eigenvalue weighted by Gasteiger charge is -2.26. The lowest BCUT2D eigenvalue weighted by molar-refractivity contribution is -0.131. The van der Waals surface area contributed by atoms with Crippen LogP contribution in [0.4, 0.5) is 0 Å². The molecule has 6 nitrogen and oxygen atoms in total. The van der Waals surface area contributed by atoms with Gasteiger partial charge in [0.2, 0.25) is 5.91 Å². The molecule has 1 aromatic carbocycles. The van der Waals surface area contributed by atoms with Crippen LogP contribution in [-0.2, 0) is 4.79 Å². The van der Waals surface area contributed by atoms with Crippen molar-refractivity contribution >= 4 is 23.2 Å². The van der Waals surface area contributed by atoms with Gasteiger partial charge in [0.05, 0.1) is 31.7 Å². The molecule has 26 heavy (non-hydrogen) atoms. The first-order valence-corrected chi connectivity index (χ1v) is 9.35. The average molecular weight is 374 g/mol. The van der Waals surface area contributed by atoms with Crippen LogP contribution in [0, 0.1) is 0 Å².